The summed E-state index contributed by atoms with van der Waals surface area (Å²) in [4.78, 5) is 19.4. The van der Waals surface area contributed by atoms with Crippen LogP contribution >= 0.6 is 0 Å². The molecule has 0 aromatic heterocycles. The number of benzene rings is 1. The molecule has 0 aliphatic carbocycles. The van der Waals surface area contributed by atoms with Crippen molar-refractivity contribution in [3.8, 4) is 0 Å². The van der Waals surface area contributed by atoms with Gasteiger partial charge in [0.15, 0.2) is 0 Å². The molecule has 1 atom stereocenters. The standard InChI is InChI=1S/C20H31N3O2/c1-2-23(15-18-7-4-3-5-8-18)20(24)17-22-12-10-21(11-13-22)16-19-9-6-14-25-19/h3-5,7-8,19H,2,6,9-17H2,1H3. The third-order valence-electron chi connectivity index (χ3n) is 5.26. The SMILES string of the molecule is CCN(Cc1ccccc1)C(=O)CN1CCN(CC2CCCO2)CC1. The molecule has 1 aromatic carbocycles. The Balaban J connectivity index is 1.41. The summed E-state index contributed by atoms with van der Waals surface area (Å²) >= 11 is 0. The van der Waals surface area contributed by atoms with Gasteiger partial charge in [-0.05, 0) is 25.3 Å². The smallest absolute Gasteiger partial charge is 0.237 e. The first-order chi connectivity index (χ1) is 12.2. The molecular formula is C20H31N3O2. The summed E-state index contributed by atoms with van der Waals surface area (Å²) in [5.74, 6) is 0.235. The van der Waals surface area contributed by atoms with Crippen LogP contribution in [0, 0.1) is 0 Å². The molecule has 0 radical (unpaired) electrons. The molecule has 138 valence electrons. The van der Waals surface area contributed by atoms with Crippen LogP contribution in [0.2, 0.25) is 0 Å². The largest absolute Gasteiger partial charge is 0.377 e. The van der Waals surface area contributed by atoms with E-state index in [9.17, 15) is 4.79 Å². The van der Waals surface area contributed by atoms with E-state index < -0.39 is 0 Å². The highest BCUT2D eigenvalue weighted by Crippen LogP contribution is 2.14. The minimum Gasteiger partial charge on any atom is -0.377 e. The van der Waals surface area contributed by atoms with Gasteiger partial charge in [-0.25, -0.2) is 0 Å². The first-order valence-corrected chi connectivity index (χ1v) is 9.62. The van der Waals surface area contributed by atoms with E-state index in [1.165, 1.54) is 18.4 Å². The van der Waals surface area contributed by atoms with Gasteiger partial charge in [-0.3, -0.25) is 14.6 Å². The summed E-state index contributed by atoms with van der Waals surface area (Å²) in [5, 5.41) is 0. The Morgan fingerprint density at radius 2 is 1.88 bits per heavy atom. The van der Waals surface area contributed by atoms with Gasteiger partial charge in [-0.2, -0.15) is 0 Å². The highest BCUT2D eigenvalue weighted by Gasteiger charge is 2.24. The fourth-order valence-electron chi connectivity index (χ4n) is 3.68. The van der Waals surface area contributed by atoms with Gasteiger partial charge in [-0.1, -0.05) is 30.3 Å². The number of carbonyl (C=O) groups is 1. The van der Waals surface area contributed by atoms with E-state index in [1.807, 2.05) is 23.1 Å². The quantitative estimate of drug-likeness (QED) is 0.755. The molecule has 1 aromatic rings. The minimum atomic E-state index is 0.235. The molecule has 1 amide bonds. The average Bonchev–Trinajstić information content (AvgIpc) is 3.15. The molecule has 1 unspecified atom stereocenters. The molecule has 0 bridgehead atoms. The second-order valence-corrected chi connectivity index (χ2v) is 7.11. The highest BCUT2D eigenvalue weighted by atomic mass is 16.5. The Bertz CT molecular complexity index is 523. The summed E-state index contributed by atoms with van der Waals surface area (Å²) in [5.41, 5.74) is 1.19. The average molecular weight is 345 g/mol. The second-order valence-electron chi connectivity index (χ2n) is 7.11. The van der Waals surface area contributed by atoms with Crippen molar-refractivity contribution in [1.29, 1.82) is 0 Å². The van der Waals surface area contributed by atoms with Crippen LogP contribution in [0.3, 0.4) is 0 Å². The van der Waals surface area contributed by atoms with Crippen molar-refractivity contribution in [2.45, 2.75) is 32.4 Å². The van der Waals surface area contributed by atoms with E-state index in [0.29, 0.717) is 19.2 Å². The summed E-state index contributed by atoms with van der Waals surface area (Å²) in [6.07, 6.45) is 2.83. The molecule has 25 heavy (non-hydrogen) atoms. The van der Waals surface area contributed by atoms with Gasteiger partial charge in [0, 0.05) is 52.4 Å². The summed E-state index contributed by atoms with van der Waals surface area (Å²) in [7, 11) is 0. The normalized spacial score (nSPS) is 22.2. The number of nitrogens with zero attached hydrogens (tertiary/aromatic N) is 3. The van der Waals surface area contributed by atoms with Crippen molar-refractivity contribution >= 4 is 5.91 Å². The van der Waals surface area contributed by atoms with E-state index in [2.05, 4.69) is 28.9 Å². The monoisotopic (exact) mass is 345 g/mol. The van der Waals surface area contributed by atoms with E-state index in [4.69, 9.17) is 4.74 Å². The van der Waals surface area contributed by atoms with Crippen molar-refractivity contribution in [3.63, 3.8) is 0 Å². The highest BCUT2D eigenvalue weighted by molar-refractivity contribution is 5.78. The van der Waals surface area contributed by atoms with Crippen LogP contribution in [0.25, 0.3) is 0 Å². The van der Waals surface area contributed by atoms with Gasteiger partial charge in [0.25, 0.3) is 0 Å². The first kappa shape index (κ1) is 18.4. The molecule has 5 nitrogen and oxygen atoms in total. The maximum Gasteiger partial charge on any atom is 0.237 e. The molecule has 2 aliphatic heterocycles. The Hall–Kier alpha value is -1.43. The molecule has 0 saturated carbocycles. The van der Waals surface area contributed by atoms with Gasteiger partial charge >= 0.3 is 0 Å². The number of amides is 1. The molecule has 2 saturated heterocycles. The van der Waals surface area contributed by atoms with Crippen molar-refractivity contribution in [2.24, 2.45) is 0 Å². The van der Waals surface area contributed by atoms with Crippen LogP contribution in [0.4, 0.5) is 0 Å². The van der Waals surface area contributed by atoms with Gasteiger partial charge in [0.2, 0.25) is 5.91 Å². The van der Waals surface area contributed by atoms with E-state index in [0.717, 1.165) is 45.9 Å². The molecule has 0 N–H and O–H groups in total. The van der Waals surface area contributed by atoms with Crippen LogP contribution < -0.4 is 0 Å². The maximum atomic E-state index is 12.7. The zero-order valence-electron chi connectivity index (χ0n) is 15.4. The van der Waals surface area contributed by atoms with E-state index >= 15 is 0 Å². The first-order valence-electron chi connectivity index (χ1n) is 9.62. The lowest BCUT2D eigenvalue weighted by atomic mass is 10.2. The van der Waals surface area contributed by atoms with Crippen molar-refractivity contribution < 1.29 is 9.53 Å². The third kappa shape index (κ3) is 5.53. The molecular weight excluding hydrogens is 314 g/mol. The number of hydrogen-bond acceptors (Lipinski definition) is 4. The third-order valence-corrected chi connectivity index (χ3v) is 5.26. The van der Waals surface area contributed by atoms with Gasteiger partial charge in [0.05, 0.1) is 12.6 Å². The summed E-state index contributed by atoms with van der Waals surface area (Å²) in [6.45, 7) is 10.1. The molecule has 2 fully saturated rings. The van der Waals surface area contributed by atoms with Gasteiger partial charge in [0.1, 0.15) is 0 Å². The van der Waals surface area contributed by atoms with Crippen molar-refractivity contribution in [2.75, 3.05) is 52.4 Å². The fourth-order valence-corrected chi connectivity index (χ4v) is 3.68. The van der Waals surface area contributed by atoms with Crippen LogP contribution in [0.5, 0.6) is 0 Å². The van der Waals surface area contributed by atoms with Crippen LogP contribution in [-0.2, 0) is 16.1 Å². The summed E-state index contributed by atoms with van der Waals surface area (Å²) in [6, 6.07) is 10.2. The van der Waals surface area contributed by atoms with Crippen LogP contribution in [-0.4, -0.2) is 79.1 Å². The second kappa shape index (κ2) is 9.32. The van der Waals surface area contributed by atoms with E-state index in [-0.39, 0.29) is 5.91 Å². The van der Waals surface area contributed by atoms with Crippen molar-refractivity contribution in [3.05, 3.63) is 35.9 Å². The number of carbonyl (C=O) groups excluding carboxylic acids is 1. The van der Waals surface area contributed by atoms with Crippen molar-refractivity contribution in [1.82, 2.24) is 14.7 Å². The lowest BCUT2D eigenvalue weighted by Gasteiger charge is -2.36. The minimum absolute atomic E-state index is 0.235. The Labute approximate surface area is 151 Å². The summed E-state index contributed by atoms with van der Waals surface area (Å²) < 4.78 is 5.73. The van der Waals surface area contributed by atoms with Crippen LogP contribution in [0.15, 0.2) is 30.3 Å². The number of hydrogen-bond donors (Lipinski definition) is 0. The Morgan fingerprint density at radius 1 is 1.16 bits per heavy atom. The zero-order chi connectivity index (χ0) is 17.5. The predicted octanol–water partition coefficient (Wildman–Crippen LogP) is 1.83. The molecule has 2 aliphatic rings. The topological polar surface area (TPSA) is 36.0 Å². The number of rotatable bonds is 7. The van der Waals surface area contributed by atoms with Gasteiger partial charge < -0.3 is 9.64 Å². The lowest BCUT2D eigenvalue weighted by molar-refractivity contribution is -0.133. The van der Waals surface area contributed by atoms with Crippen LogP contribution in [0.1, 0.15) is 25.3 Å². The lowest BCUT2D eigenvalue weighted by Crippen LogP contribution is -2.51. The maximum absolute atomic E-state index is 12.7. The predicted molar refractivity (Wildman–Crippen MR) is 99.4 cm³/mol. The Morgan fingerprint density at radius 3 is 2.52 bits per heavy atom. The Kier molecular flexibility index (Phi) is 6.84. The fraction of sp³-hybridized carbons (Fsp3) is 0.650. The molecule has 0 spiro atoms. The number of likely N-dealkylation sites (N-methyl/N-ethyl adjacent to an activating group) is 1. The van der Waals surface area contributed by atoms with E-state index in [1.54, 1.807) is 0 Å². The zero-order valence-corrected chi connectivity index (χ0v) is 15.4. The number of piperazine rings is 1. The number of ether oxygens (including phenoxy) is 1. The molecule has 3 rings (SSSR count). The molecule has 2 heterocycles. The van der Waals surface area contributed by atoms with Gasteiger partial charge in [-0.15, -0.1) is 0 Å². The molecule has 5 heteroatoms.